The maximum absolute atomic E-state index is 5.98. The Hall–Kier alpha value is -0.530. The van der Waals surface area contributed by atoms with E-state index in [1.54, 1.807) is 0 Å². The lowest BCUT2D eigenvalue weighted by Crippen LogP contribution is -2.17. The zero-order chi connectivity index (χ0) is 11.5. The molecule has 0 heterocycles. The van der Waals surface area contributed by atoms with E-state index >= 15 is 0 Å². The maximum Gasteiger partial charge on any atom is 0.0408 e. The van der Waals surface area contributed by atoms with E-state index in [-0.39, 0.29) is 0 Å². The van der Waals surface area contributed by atoms with E-state index < -0.39 is 0 Å². The van der Waals surface area contributed by atoms with Crippen LogP contribution in [-0.2, 0) is 0 Å². The summed E-state index contributed by atoms with van der Waals surface area (Å²) in [6, 6.07) is 6.69. The van der Waals surface area contributed by atoms with Crippen molar-refractivity contribution in [1.29, 1.82) is 0 Å². The summed E-state index contributed by atoms with van der Waals surface area (Å²) in [5.74, 6) is 1.00. The minimum Gasteiger partial charge on any atom is -0.313 e. The van der Waals surface area contributed by atoms with Crippen LogP contribution in [0, 0.1) is 12.8 Å². The number of hydrogen-bond acceptors (Lipinski definition) is 1. The molecule has 2 heteroatoms. The van der Waals surface area contributed by atoms with Crippen molar-refractivity contribution in [2.24, 2.45) is 5.92 Å². The molecule has 1 fully saturated rings. The van der Waals surface area contributed by atoms with E-state index in [4.69, 9.17) is 11.6 Å². The van der Waals surface area contributed by atoms with Crippen LogP contribution in [0.25, 0.3) is 0 Å². The topological polar surface area (TPSA) is 12.0 Å². The molecule has 1 aromatic carbocycles. The molecule has 1 aliphatic carbocycles. The molecular weight excluding hydrogens is 218 g/mol. The standard InChI is InChI=1S/C14H20ClN/c1-10-9-12(15)6-7-13(10)14(16-2)8-5-11-3-4-11/h6-7,9,11,14,16H,3-5,8H2,1-2H3. The van der Waals surface area contributed by atoms with Gasteiger partial charge in [-0.25, -0.2) is 0 Å². The second-order valence-corrected chi connectivity index (χ2v) is 5.30. The molecule has 88 valence electrons. The minimum atomic E-state index is 0.484. The molecule has 2 rings (SSSR count). The normalized spacial score (nSPS) is 17.4. The second kappa shape index (κ2) is 5.20. The summed E-state index contributed by atoms with van der Waals surface area (Å²) in [5, 5.41) is 4.25. The summed E-state index contributed by atoms with van der Waals surface area (Å²) in [6.45, 7) is 2.14. The Bertz CT molecular complexity index is 358. The maximum atomic E-state index is 5.98. The molecule has 0 bridgehead atoms. The summed E-state index contributed by atoms with van der Waals surface area (Å²) in [7, 11) is 2.05. The molecule has 1 aliphatic rings. The van der Waals surface area contributed by atoms with Crippen molar-refractivity contribution in [3.8, 4) is 0 Å². The molecule has 0 aromatic heterocycles. The van der Waals surface area contributed by atoms with Crippen LogP contribution in [0.3, 0.4) is 0 Å². The molecule has 0 radical (unpaired) electrons. The van der Waals surface area contributed by atoms with Crippen LogP contribution in [0.1, 0.15) is 42.9 Å². The molecule has 0 aliphatic heterocycles. The molecule has 1 unspecified atom stereocenters. The Labute approximate surface area is 103 Å². The highest BCUT2D eigenvalue weighted by Gasteiger charge is 2.23. The third kappa shape index (κ3) is 2.99. The zero-order valence-electron chi connectivity index (χ0n) is 10.1. The summed E-state index contributed by atoms with van der Waals surface area (Å²) in [5.41, 5.74) is 2.69. The lowest BCUT2D eigenvalue weighted by molar-refractivity contribution is 0.504. The monoisotopic (exact) mass is 237 g/mol. The molecule has 0 spiro atoms. The van der Waals surface area contributed by atoms with Crippen LogP contribution in [0.2, 0.25) is 5.02 Å². The average molecular weight is 238 g/mol. The largest absolute Gasteiger partial charge is 0.313 e. The number of benzene rings is 1. The second-order valence-electron chi connectivity index (χ2n) is 4.86. The van der Waals surface area contributed by atoms with Crippen LogP contribution in [0.5, 0.6) is 0 Å². The Kier molecular flexibility index (Phi) is 3.88. The fourth-order valence-electron chi connectivity index (χ4n) is 2.29. The molecule has 1 saturated carbocycles. The van der Waals surface area contributed by atoms with E-state index in [1.165, 1.54) is 36.8 Å². The molecule has 0 saturated heterocycles. The van der Waals surface area contributed by atoms with Crippen LogP contribution in [0.4, 0.5) is 0 Å². The molecule has 16 heavy (non-hydrogen) atoms. The van der Waals surface area contributed by atoms with Gasteiger partial charge in [0.05, 0.1) is 0 Å². The third-order valence-corrected chi connectivity index (χ3v) is 3.75. The zero-order valence-corrected chi connectivity index (χ0v) is 10.8. The van der Waals surface area contributed by atoms with E-state index in [0.29, 0.717) is 6.04 Å². The van der Waals surface area contributed by atoms with Gasteiger partial charge in [-0.3, -0.25) is 0 Å². The van der Waals surface area contributed by atoms with Crippen molar-refractivity contribution in [3.05, 3.63) is 34.3 Å². The van der Waals surface area contributed by atoms with Gasteiger partial charge in [0.2, 0.25) is 0 Å². The van der Waals surface area contributed by atoms with Crippen molar-refractivity contribution >= 4 is 11.6 Å². The van der Waals surface area contributed by atoms with E-state index in [9.17, 15) is 0 Å². The molecule has 1 nitrogen and oxygen atoms in total. The minimum absolute atomic E-state index is 0.484. The SMILES string of the molecule is CNC(CCC1CC1)c1ccc(Cl)cc1C. The Morgan fingerprint density at radius 2 is 2.19 bits per heavy atom. The van der Waals surface area contributed by atoms with E-state index in [2.05, 4.69) is 24.4 Å². The van der Waals surface area contributed by atoms with Crippen LogP contribution >= 0.6 is 11.6 Å². The Morgan fingerprint density at radius 3 is 2.75 bits per heavy atom. The fourth-order valence-corrected chi connectivity index (χ4v) is 2.52. The average Bonchev–Trinajstić information content (AvgIpc) is 3.05. The number of nitrogens with one attached hydrogen (secondary N) is 1. The Morgan fingerprint density at radius 1 is 1.44 bits per heavy atom. The number of hydrogen-bond donors (Lipinski definition) is 1. The predicted molar refractivity (Wildman–Crippen MR) is 69.9 cm³/mol. The summed E-state index contributed by atoms with van der Waals surface area (Å²) < 4.78 is 0. The first-order valence-corrected chi connectivity index (χ1v) is 6.52. The van der Waals surface area contributed by atoms with Gasteiger partial charge >= 0.3 is 0 Å². The molecular formula is C14H20ClN. The molecule has 1 aromatic rings. The summed E-state index contributed by atoms with van der Waals surface area (Å²) in [6.07, 6.45) is 5.48. The van der Waals surface area contributed by atoms with Gasteiger partial charge in [-0.15, -0.1) is 0 Å². The van der Waals surface area contributed by atoms with Crippen LogP contribution < -0.4 is 5.32 Å². The first-order valence-electron chi connectivity index (χ1n) is 6.14. The number of rotatable bonds is 5. The smallest absolute Gasteiger partial charge is 0.0408 e. The first kappa shape index (κ1) is 11.9. The lowest BCUT2D eigenvalue weighted by atomic mass is 9.96. The predicted octanol–water partition coefficient (Wildman–Crippen LogP) is 4.10. The quantitative estimate of drug-likeness (QED) is 0.813. The Balaban J connectivity index is 2.05. The van der Waals surface area contributed by atoms with Crippen molar-refractivity contribution in [3.63, 3.8) is 0 Å². The van der Waals surface area contributed by atoms with Gasteiger partial charge in [-0.2, -0.15) is 0 Å². The summed E-state index contributed by atoms with van der Waals surface area (Å²) in [4.78, 5) is 0. The summed E-state index contributed by atoms with van der Waals surface area (Å²) >= 11 is 5.98. The van der Waals surface area contributed by atoms with Gasteiger partial charge in [0, 0.05) is 11.1 Å². The highest BCUT2D eigenvalue weighted by atomic mass is 35.5. The van der Waals surface area contributed by atoms with Crippen molar-refractivity contribution in [1.82, 2.24) is 5.32 Å². The van der Waals surface area contributed by atoms with Crippen LogP contribution in [-0.4, -0.2) is 7.05 Å². The van der Waals surface area contributed by atoms with Gasteiger partial charge in [-0.05, 0) is 56.0 Å². The van der Waals surface area contributed by atoms with E-state index in [0.717, 1.165) is 10.9 Å². The van der Waals surface area contributed by atoms with E-state index in [1.807, 2.05) is 13.1 Å². The van der Waals surface area contributed by atoms with Gasteiger partial charge in [-0.1, -0.05) is 30.5 Å². The van der Waals surface area contributed by atoms with Crippen molar-refractivity contribution < 1.29 is 0 Å². The molecule has 1 atom stereocenters. The third-order valence-electron chi connectivity index (χ3n) is 3.52. The van der Waals surface area contributed by atoms with Crippen molar-refractivity contribution in [2.75, 3.05) is 7.05 Å². The highest BCUT2D eigenvalue weighted by molar-refractivity contribution is 6.30. The number of aryl methyl sites for hydroxylation is 1. The van der Waals surface area contributed by atoms with Gasteiger partial charge in [0.25, 0.3) is 0 Å². The number of halogens is 1. The van der Waals surface area contributed by atoms with Gasteiger partial charge in [0.15, 0.2) is 0 Å². The fraction of sp³-hybridized carbons (Fsp3) is 0.571. The first-order chi connectivity index (χ1) is 7.70. The molecule has 1 N–H and O–H groups in total. The van der Waals surface area contributed by atoms with Gasteiger partial charge < -0.3 is 5.32 Å². The van der Waals surface area contributed by atoms with Gasteiger partial charge in [0.1, 0.15) is 0 Å². The van der Waals surface area contributed by atoms with Crippen molar-refractivity contribution in [2.45, 2.75) is 38.6 Å². The lowest BCUT2D eigenvalue weighted by Gasteiger charge is -2.19. The molecule has 0 amide bonds. The van der Waals surface area contributed by atoms with Crippen LogP contribution in [0.15, 0.2) is 18.2 Å². The highest BCUT2D eigenvalue weighted by Crippen LogP contribution is 2.36.